The summed E-state index contributed by atoms with van der Waals surface area (Å²) in [6.45, 7) is 1.64. The molecule has 17 heavy (non-hydrogen) atoms. The molecular formula is C12H15NO3S. The molecule has 0 saturated carbocycles. The van der Waals surface area contributed by atoms with E-state index in [1.807, 2.05) is 0 Å². The molecule has 1 N–H and O–H groups in total. The Morgan fingerprint density at radius 1 is 1.53 bits per heavy atom. The molecule has 0 atom stereocenters. The average molecular weight is 253 g/mol. The van der Waals surface area contributed by atoms with Crippen LogP contribution in [0.4, 0.5) is 0 Å². The van der Waals surface area contributed by atoms with Crippen LogP contribution in [0.2, 0.25) is 0 Å². The van der Waals surface area contributed by atoms with Crippen LogP contribution in [0.5, 0.6) is 0 Å². The van der Waals surface area contributed by atoms with Gasteiger partial charge < -0.3 is 9.84 Å². The Balaban J connectivity index is 1.96. The maximum atomic E-state index is 11.0. The second-order valence-electron chi connectivity index (χ2n) is 4.03. The fourth-order valence-corrected chi connectivity index (χ4v) is 2.95. The third kappa shape index (κ3) is 3.44. The molecular weight excluding hydrogens is 238 g/mol. The molecule has 0 amide bonds. The Kier molecular flexibility index (Phi) is 4.39. The molecule has 0 aromatic carbocycles. The van der Waals surface area contributed by atoms with E-state index >= 15 is 0 Å². The van der Waals surface area contributed by atoms with E-state index in [4.69, 9.17) is 9.84 Å². The fraction of sp³-hybridized carbons (Fsp3) is 0.500. The number of ether oxygens (including phenoxy) is 1. The molecule has 4 nitrogen and oxygen atoms in total. The molecule has 0 aliphatic carbocycles. The van der Waals surface area contributed by atoms with Gasteiger partial charge in [-0.15, -0.1) is 11.8 Å². The lowest BCUT2D eigenvalue weighted by molar-refractivity contribution is 0.0691. The average Bonchev–Trinajstić information content (AvgIpc) is 2.38. The molecule has 0 bridgehead atoms. The first-order valence-electron chi connectivity index (χ1n) is 5.66. The van der Waals surface area contributed by atoms with E-state index in [1.165, 1.54) is 11.8 Å². The molecule has 1 aromatic rings. The van der Waals surface area contributed by atoms with Gasteiger partial charge in [0.2, 0.25) is 0 Å². The van der Waals surface area contributed by atoms with Crippen molar-refractivity contribution in [3.05, 3.63) is 23.9 Å². The van der Waals surface area contributed by atoms with Gasteiger partial charge in [0.1, 0.15) is 5.03 Å². The number of thioether (sulfide) groups is 1. The minimum Gasteiger partial charge on any atom is -0.478 e. The predicted molar refractivity (Wildman–Crippen MR) is 65.5 cm³/mol. The van der Waals surface area contributed by atoms with Gasteiger partial charge in [-0.1, -0.05) is 0 Å². The predicted octanol–water partition coefficient (Wildman–Crippen LogP) is 2.30. The second-order valence-corrected chi connectivity index (χ2v) is 5.04. The Bertz CT molecular complexity index is 391. The van der Waals surface area contributed by atoms with E-state index in [0.717, 1.165) is 31.8 Å². The summed E-state index contributed by atoms with van der Waals surface area (Å²) < 4.78 is 5.29. The van der Waals surface area contributed by atoms with Crippen molar-refractivity contribution in [2.75, 3.05) is 19.0 Å². The van der Waals surface area contributed by atoms with E-state index < -0.39 is 5.97 Å². The fourth-order valence-electron chi connectivity index (χ4n) is 1.78. The highest BCUT2D eigenvalue weighted by Gasteiger charge is 2.16. The summed E-state index contributed by atoms with van der Waals surface area (Å²) in [5.41, 5.74) is 0.296. The largest absolute Gasteiger partial charge is 0.478 e. The highest BCUT2D eigenvalue weighted by molar-refractivity contribution is 7.99. The summed E-state index contributed by atoms with van der Waals surface area (Å²) >= 11 is 1.53. The number of hydrogen-bond acceptors (Lipinski definition) is 4. The lowest BCUT2D eigenvalue weighted by Gasteiger charge is -2.21. The molecule has 0 radical (unpaired) electrons. The van der Waals surface area contributed by atoms with Crippen molar-refractivity contribution < 1.29 is 14.6 Å². The number of aromatic nitrogens is 1. The number of rotatable bonds is 4. The summed E-state index contributed by atoms with van der Waals surface area (Å²) in [5.74, 6) is 0.616. The van der Waals surface area contributed by atoms with Gasteiger partial charge in [-0.25, -0.2) is 9.78 Å². The first-order chi connectivity index (χ1) is 8.27. The molecule has 2 heterocycles. The SMILES string of the molecule is O=C(O)c1cccnc1SCC1CCOCC1. The summed E-state index contributed by atoms with van der Waals surface area (Å²) in [5, 5.41) is 9.65. The quantitative estimate of drug-likeness (QED) is 0.834. The van der Waals surface area contributed by atoms with Crippen molar-refractivity contribution in [1.82, 2.24) is 4.98 Å². The molecule has 5 heteroatoms. The molecule has 0 spiro atoms. The monoisotopic (exact) mass is 253 g/mol. The van der Waals surface area contributed by atoms with E-state index in [9.17, 15) is 4.79 Å². The van der Waals surface area contributed by atoms with Crippen LogP contribution < -0.4 is 0 Å². The van der Waals surface area contributed by atoms with Gasteiger partial charge in [0.05, 0.1) is 5.56 Å². The zero-order valence-electron chi connectivity index (χ0n) is 9.46. The lowest BCUT2D eigenvalue weighted by atomic mass is 10.0. The smallest absolute Gasteiger partial charge is 0.338 e. The number of carboxylic acids is 1. The van der Waals surface area contributed by atoms with Crippen LogP contribution in [0.25, 0.3) is 0 Å². The minimum atomic E-state index is -0.910. The first kappa shape index (κ1) is 12.4. The van der Waals surface area contributed by atoms with Crippen LogP contribution in [0.3, 0.4) is 0 Å². The maximum Gasteiger partial charge on any atom is 0.338 e. The van der Waals surface area contributed by atoms with Crippen molar-refractivity contribution in [3.8, 4) is 0 Å². The molecule has 1 aliphatic rings. The standard InChI is InChI=1S/C12H15NO3S/c14-12(15)10-2-1-5-13-11(10)17-8-9-3-6-16-7-4-9/h1-2,5,9H,3-4,6-8H2,(H,14,15). The van der Waals surface area contributed by atoms with Gasteiger partial charge >= 0.3 is 5.97 Å². The van der Waals surface area contributed by atoms with Crippen molar-refractivity contribution >= 4 is 17.7 Å². The van der Waals surface area contributed by atoms with Crippen LogP contribution in [-0.4, -0.2) is 35.0 Å². The van der Waals surface area contributed by atoms with Crippen LogP contribution in [-0.2, 0) is 4.74 Å². The minimum absolute atomic E-state index is 0.296. The molecule has 2 rings (SSSR count). The summed E-state index contributed by atoms with van der Waals surface area (Å²) in [7, 11) is 0. The van der Waals surface area contributed by atoms with Gasteiger partial charge in [0.15, 0.2) is 0 Å². The third-order valence-electron chi connectivity index (χ3n) is 2.80. The molecule has 92 valence electrons. The van der Waals surface area contributed by atoms with Crippen LogP contribution in [0.1, 0.15) is 23.2 Å². The van der Waals surface area contributed by atoms with Crippen molar-refractivity contribution in [2.24, 2.45) is 5.92 Å². The lowest BCUT2D eigenvalue weighted by Crippen LogP contribution is -2.17. The van der Waals surface area contributed by atoms with Gasteiger partial charge in [-0.2, -0.15) is 0 Å². The van der Waals surface area contributed by atoms with Crippen molar-refractivity contribution in [3.63, 3.8) is 0 Å². The number of aromatic carboxylic acids is 1. The zero-order chi connectivity index (χ0) is 12.1. The number of hydrogen-bond donors (Lipinski definition) is 1. The number of carbonyl (C=O) groups is 1. The first-order valence-corrected chi connectivity index (χ1v) is 6.65. The highest BCUT2D eigenvalue weighted by Crippen LogP contribution is 2.26. The van der Waals surface area contributed by atoms with E-state index in [0.29, 0.717) is 16.5 Å². The van der Waals surface area contributed by atoms with E-state index in [-0.39, 0.29) is 0 Å². The zero-order valence-corrected chi connectivity index (χ0v) is 10.3. The van der Waals surface area contributed by atoms with Crippen LogP contribution >= 0.6 is 11.8 Å². The van der Waals surface area contributed by atoms with Crippen molar-refractivity contribution in [1.29, 1.82) is 0 Å². The Labute approximate surface area is 104 Å². The van der Waals surface area contributed by atoms with Gasteiger partial charge in [0, 0.05) is 25.2 Å². The van der Waals surface area contributed by atoms with Crippen molar-refractivity contribution in [2.45, 2.75) is 17.9 Å². The van der Waals surface area contributed by atoms with E-state index in [1.54, 1.807) is 18.3 Å². The second kappa shape index (κ2) is 6.02. The third-order valence-corrected chi connectivity index (χ3v) is 4.04. The highest BCUT2D eigenvalue weighted by atomic mass is 32.2. The summed E-state index contributed by atoms with van der Waals surface area (Å²) in [6, 6.07) is 3.25. The van der Waals surface area contributed by atoms with Gasteiger partial charge in [0.25, 0.3) is 0 Å². The summed E-state index contributed by atoms with van der Waals surface area (Å²) in [4.78, 5) is 15.1. The molecule has 1 aromatic heterocycles. The Hall–Kier alpha value is -1.07. The normalized spacial score (nSPS) is 16.9. The molecule has 1 aliphatic heterocycles. The number of nitrogens with zero attached hydrogens (tertiary/aromatic N) is 1. The Morgan fingerprint density at radius 2 is 2.29 bits per heavy atom. The number of pyridine rings is 1. The topological polar surface area (TPSA) is 59.4 Å². The van der Waals surface area contributed by atoms with Gasteiger partial charge in [-0.05, 0) is 30.9 Å². The summed E-state index contributed by atoms with van der Waals surface area (Å²) in [6.07, 6.45) is 3.75. The maximum absolute atomic E-state index is 11.0. The molecule has 0 unspecified atom stereocenters. The van der Waals surface area contributed by atoms with Crippen LogP contribution in [0.15, 0.2) is 23.4 Å². The Morgan fingerprint density at radius 3 is 3.00 bits per heavy atom. The molecule has 1 fully saturated rings. The van der Waals surface area contributed by atoms with E-state index in [2.05, 4.69) is 4.98 Å². The van der Waals surface area contributed by atoms with Gasteiger partial charge in [-0.3, -0.25) is 0 Å². The van der Waals surface area contributed by atoms with Crippen LogP contribution in [0, 0.1) is 5.92 Å². The number of carboxylic acid groups (broad SMARTS) is 1. The molecule has 1 saturated heterocycles.